The minimum atomic E-state index is 0.659. The summed E-state index contributed by atoms with van der Waals surface area (Å²) in [7, 11) is 0. The van der Waals surface area contributed by atoms with Crippen molar-refractivity contribution < 1.29 is 4.74 Å². The van der Waals surface area contributed by atoms with Gasteiger partial charge in [-0.2, -0.15) is 0 Å². The van der Waals surface area contributed by atoms with Crippen LogP contribution in [-0.4, -0.2) is 18.1 Å². The lowest BCUT2D eigenvalue weighted by Gasteiger charge is -2.13. The highest BCUT2D eigenvalue weighted by molar-refractivity contribution is 9.11. The van der Waals surface area contributed by atoms with Gasteiger partial charge in [0.15, 0.2) is 0 Å². The number of rotatable bonds is 7. The summed E-state index contributed by atoms with van der Waals surface area (Å²) in [4.78, 5) is 4.27. The van der Waals surface area contributed by atoms with Crippen molar-refractivity contribution in [3.05, 3.63) is 43.2 Å². The summed E-state index contributed by atoms with van der Waals surface area (Å²) in [6.45, 7) is 4.33. The van der Waals surface area contributed by atoms with Gasteiger partial charge in [-0.3, -0.25) is 0 Å². The molecule has 108 valence electrons. The van der Waals surface area contributed by atoms with Gasteiger partial charge >= 0.3 is 0 Å². The van der Waals surface area contributed by atoms with Crippen LogP contribution in [0.1, 0.15) is 18.2 Å². The molecule has 0 fully saturated rings. The van der Waals surface area contributed by atoms with Crippen molar-refractivity contribution >= 4 is 43.2 Å². The first-order chi connectivity index (χ1) is 9.70. The smallest absolute Gasteiger partial charge is 0.138 e. The molecule has 3 nitrogen and oxygen atoms in total. The molecule has 0 saturated heterocycles. The number of benzene rings is 1. The van der Waals surface area contributed by atoms with Gasteiger partial charge in [0.05, 0.1) is 22.3 Å². The molecular weight excluding hydrogens is 404 g/mol. The van der Waals surface area contributed by atoms with Crippen LogP contribution in [0.3, 0.4) is 0 Å². The maximum atomic E-state index is 5.71. The molecule has 0 saturated carbocycles. The predicted molar refractivity (Wildman–Crippen MR) is 90.5 cm³/mol. The third-order valence-corrected chi connectivity index (χ3v) is 4.41. The summed E-state index contributed by atoms with van der Waals surface area (Å²) in [5, 5.41) is 5.52. The summed E-state index contributed by atoms with van der Waals surface area (Å²) in [5.74, 6) is 0.914. The highest BCUT2D eigenvalue weighted by Crippen LogP contribution is 2.32. The lowest BCUT2D eigenvalue weighted by molar-refractivity contribution is 0.333. The van der Waals surface area contributed by atoms with Crippen LogP contribution in [0.5, 0.6) is 5.75 Å². The maximum Gasteiger partial charge on any atom is 0.138 e. The standard InChI is InChI=1S/C14H16Br2N2OS/c1-2-19-14-10(5-11(15)6-13(14)16)7-17-4-3-12-8-20-9-18-12/h5-6,8-9,17H,2-4,7H2,1H3. The molecule has 2 aromatic rings. The van der Waals surface area contributed by atoms with E-state index in [9.17, 15) is 0 Å². The molecule has 1 aromatic heterocycles. The fourth-order valence-electron chi connectivity index (χ4n) is 1.85. The van der Waals surface area contributed by atoms with Crippen molar-refractivity contribution in [3.8, 4) is 5.75 Å². The van der Waals surface area contributed by atoms with E-state index in [0.717, 1.165) is 45.5 Å². The molecule has 2 rings (SSSR count). The Morgan fingerprint density at radius 3 is 2.90 bits per heavy atom. The lowest BCUT2D eigenvalue weighted by Crippen LogP contribution is -2.17. The second-order valence-corrected chi connectivity index (χ2v) is 6.70. The largest absolute Gasteiger partial charge is 0.492 e. The first kappa shape index (κ1) is 15.9. The Balaban J connectivity index is 1.94. The van der Waals surface area contributed by atoms with E-state index < -0.39 is 0 Å². The Morgan fingerprint density at radius 2 is 2.20 bits per heavy atom. The van der Waals surface area contributed by atoms with Crippen molar-refractivity contribution in [2.75, 3.05) is 13.2 Å². The zero-order chi connectivity index (χ0) is 14.4. The molecule has 0 unspecified atom stereocenters. The summed E-state index contributed by atoms with van der Waals surface area (Å²) in [6, 6.07) is 4.09. The van der Waals surface area contributed by atoms with Crippen LogP contribution in [0.4, 0.5) is 0 Å². The average molecular weight is 420 g/mol. The van der Waals surface area contributed by atoms with E-state index in [1.165, 1.54) is 0 Å². The molecule has 20 heavy (non-hydrogen) atoms. The number of aromatic nitrogens is 1. The van der Waals surface area contributed by atoms with E-state index in [0.29, 0.717) is 6.61 Å². The second-order valence-electron chi connectivity index (χ2n) is 4.22. The number of ether oxygens (including phenoxy) is 1. The molecule has 0 spiro atoms. The van der Waals surface area contributed by atoms with Crippen molar-refractivity contribution in [1.29, 1.82) is 0 Å². The third kappa shape index (κ3) is 4.55. The average Bonchev–Trinajstić information content (AvgIpc) is 2.91. The molecule has 0 atom stereocenters. The molecule has 0 aliphatic carbocycles. The minimum Gasteiger partial charge on any atom is -0.492 e. The fourth-order valence-corrected chi connectivity index (χ4v) is 3.87. The SMILES string of the molecule is CCOc1c(Br)cc(Br)cc1CNCCc1cscn1. The highest BCUT2D eigenvalue weighted by atomic mass is 79.9. The Bertz CT molecular complexity index is 546. The van der Waals surface area contributed by atoms with Crippen LogP contribution in [0.15, 0.2) is 32.0 Å². The van der Waals surface area contributed by atoms with Crippen molar-refractivity contribution in [1.82, 2.24) is 10.3 Å². The van der Waals surface area contributed by atoms with Gasteiger partial charge in [-0.15, -0.1) is 11.3 Å². The molecule has 1 heterocycles. The van der Waals surface area contributed by atoms with Crippen molar-refractivity contribution in [2.24, 2.45) is 0 Å². The molecule has 1 aromatic carbocycles. The zero-order valence-electron chi connectivity index (χ0n) is 11.2. The van der Waals surface area contributed by atoms with E-state index >= 15 is 0 Å². The Kier molecular flexibility index (Phi) is 6.48. The zero-order valence-corrected chi connectivity index (χ0v) is 15.1. The molecule has 6 heteroatoms. The normalized spacial score (nSPS) is 10.8. The minimum absolute atomic E-state index is 0.659. The van der Waals surface area contributed by atoms with Crippen LogP contribution in [0.2, 0.25) is 0 Å². The molecule has 0 amide bonds. The van der Waals surface area contributed by atoms with Crippen LogP contribution in [0.25, 0.3) is 0 Å². The third-order valence-electron chi connectivity index (χ3n) is 2.73. The first-order valence-electron chi connectivity index (χ1n) is 6.39. The number of hydrogen-bond donors (Lipinski definition) is 1. The summed E-state index contributed by atoms with van der Waals surface area (Å²) in [5.41, 5.74) is 4.16. The number of nitrogens with one attached hydrogen (secondary N) is 1. The fraction of sp³-hybridized carbons (Fsp3) is 0.357. The van der Waals surface area contributed by atoms with E-state index in [1.54, 1.807) is 11.3 Å². The van der Waals surface area contributed by atoms with Gasteiger partial charge in [-0.05, 0) is 35.0 Å². The van der Waals surface area contributed by atoms with Gasteiger partial charge < -0.3 is 10.1 Å². The molecule has 0 aliphatic heterocycles. The number of nitrogens with zero attached hydrogens (tertiary/aromatic N) is 1. The monoisotopic (exact) mass is 418 g/mol. The van der Waals surface area contributed by atoms with Crippen LogP contribution >= 0.6 is 43.2 Å². The van der Waals surface area contributed by atoms with Gasteiger partial charge in [-0.25, -0.2) is 4.98 Å². The van der Waals surface area contributed by atoms with E-state index in [4.69, 9.17) is 4.74 Å². The number of halogens is 2. The van der Waals surface area contributed by atoms with Crippen LogP contribution in [-0.2, 0) is 13.0 Å². The van der Waals surface area contributed by atoms with Gasteiger partial charge in [0.2, 0.25) is 0 Å². The van der Waals surface area contributed by atoms with Gasteiger partial charge in [0.1, 0.15) is 5.75 Å². The summed E-state index contributed by atoms with van der Waals surface area (Å²) < 4.78 is 7.73. The first-order valence-corrected chi connectivity index (χ1v) is 8.92. The van der Waals surface area contributed by atoms with Gasteiger partial charge in [-0.1, -0.05) is 15.9 Å². The van der Waals surface area contributed by atoms with Crippen LogP contribution in [0, 0.1) is 0 Å². The van der Waals surface area contributed by atoms with Crippen LogP contribution < -0.4 is 10.1 Å². The quantitative estimate of drug-likeness (QED) is 0.675. The lowest BCUT2D eigenvalue weighted by atomic mass is 10.2. The highest BCUT2D eigenvalue weighted by Gasteiger charge is 2.09. The Morgan fingerprint density at radius 1 is 1.35 bits per heavy atom. The topological polar surface area (TPSA) is 34.1 Å². The Labute approximate surface area is 140 Å². The summed E-state index contributed by atoms with van der Waals surface area (Å²) >= 11 is 8.70. The van der Waals surface area contributed by atoms with E-state index in [2.05, 4.69) is 53.6 Å². The molecule has 0 aliphatic rings. The molecule has 1 N–H and O–H groups in total. The predicted octanol–water partition coefficient (Wildman–Crippen LogP) is 4.40. The number of thiazole rings is 1. The van der Waals surface area contributed by atoms with Crippen molar-refractivity contribution in [3.63, 3.8) is 0 Å². The van der Waals surface area contributed by atoms with E-state index in [1.807, 2.05) is 18.5 Å². The van der Waals surface area contributed by atoms with E-state index in [-0.39, 0.29) is 0 Å². The number of hydrogen-bond acceptors (Lipinski definition) is 4. The summed E-state index contributed by atoms with van der Waals surface area (Å²) in [6.07, 6.45) is 0.947. The maximum absolute atomic E-state index is 5.71. The second kappa shape index (κ2) is 8.12. The van der Waals surface area contributed by atoms with Gasteiger partial charge in [0, 0.05) is 34.9 Å². The molecular formula is C14H16Br2N2OS. The Hall–Kier alpha value is -0.430. The molecule has 0 bridgehead atoms. The van der Waals surface area contributed by atoms with Crippen molar-refractivity contribution in [2.45, 2.75) is 19.9 Å². The molecule has 0 radical (unpaired) electrons. The van der Waals surface area contributed by atoms with Gasteiger partial charge in [0.25, 0.3) is 0 Å².